The molecule has 4 nitrogen and oxygen atoms in total. The van der Waals surface area contributed by atoms with E-state index in [1.54, 1.807) is 0 Å². The Morgan fingerprint density at radius 2 is 2.11 bits per heavy atom. The first kappa shape index (κ1) is 12.6. The van der Waals surface area contributed by atoms with Crippen LogP contribution in [0.5, 0.6) is 0 Å². The summed E-state index contributed by atoms with van der Waals surface area (Å²) in [6, 6.07) is 7.98. The molecule has 2 rings (SSSR count). The predicted octanol–water partition coefficient (Wildman–Crippen LogP) is 2.12. The van der Waals surface area contributed by atoms with E-state index < -0.39 is 5.97 Å². The van der Waals surface area contributed by atoms with Crippen LogP contribution in [0, 0.1) is 6.92 Å². The first-order valence-electron chi connectivity index (χ1n) is 6.34. The smallest absolute Gasteiger partial charge is 0.346 e. The fourth-order valence-corrected chi connectivity index (χ4v) is 2.35. The van der Waals surface area contributed by atoms with E-state index in [1.165, 1.54) is 0 Å². The molecule has 4 heteroatoms. The summed E-state index contributed by atoms with van der Waals surface area (Å²) >= 11 is 0. The van der Waals surface area contributed by atoms with Crippen molar-refractivity contribution in [1.29, 1.82) is 0 Å². The first-order valence-corrected chi connectivity index (χ1v) is 6.34. The highest BCUT2D eigenvalue weighted by Gasteiger charge is 2.22. The maximum atomic E-state index is 11.0. The number of carboxylic acids is 1. The van der Waals surface area contributed by atoms with Gasteiger partial charge in [-0.3, -0.25) is 0 Å². The molecule has 0 radical (unpaired) electrons. The van der Waals surface area contributed by atoms with Gasteiger partial charge in [0.25, 0.3) is 5.82 Å². The standard InChI is InChI=1S/C14H18N2O2/c1-3-4-9-15-11(2)16(10-14(17)18)13-8-6-5-7-12(13)15/h5-8H,3-4,9-10H2,1-2H3/p+1. The monoisotopic (exact) mass is 247 g/mol. The van der Waals surface area contributed by atoms with Crippen LogP contribution in [0.2, 0.25) is 0 Å². The maximum absolute atomic E-state index is 11.0. The van der Waals surface area contributed by atoms with Crippen LogP contribution in [-0.4, -0.2) is 15.6 Å². The topological polar surface area (TPSA) is 46.1 Å². The summed E-state index contributed by atoms with van der Waals surface area (Å²) in [5.74, 6) is 0.202. The number of carboxylic acid groups (broad SMARTS) is 1. The summed E-state index contributed by atoms with van der Waals surface area (Å²) in [5.41, 5.74) is 2.11. The number of imidazole rings is 1. The van der Waals surface area contributed by atoms with Gasteiger partial charge in [0, 0.05) is 6.92 Å². The molecular formula is C14H19N2O2+. The van der Waals surface area contributed by atoms with E-state index >= 15 is 0 Å². The second-order valence-corrected chi connectivity index (χ2v) is 4.52. The molecule has 18 heavy (non-hydrogen) atoms. The lowest BCUT2D eigenvalue weighted by molar-refractivity contribution is -0.667. The van der Waals surface area contributed by atoms with Gasteiger partial charge in [0.05, 0.1) is 6.54 Å². The molecule has 0 bridgehead atoms. The average molecular weight is 247 g/mol. The largest absolute Gasteiger partial charge is 0.478 e. The van der Waals surface area contributed by atoms with Crippen LogP contribution in [0.25, 0.3) is 11.0 Å². The van der Waals surface area contributed by atoms with Crippen molar-refractivity contribution in [3.63, 3.8) is 0 Å². The molecule has 0 spiro atoms. The number of aromatic nitrogens is 2. The molecule has 1 aromatic carbocycles. The van der Waals surface area contributed by atoms with Crippen LogP contribution in [0.3, 0.4) is 0 Å². The van der Waals surface area contributed by atoms with Crippen molar-refractivity contribution in [1.82, 2.24) is 4.57 Å². The lowest BCUT2D eigenvalue weighted by atomic mass is 10.3. The Kier molecular flexibility index (Phi) is 3.65. The zero-order valence-electron chi connectivity index (χ0n) is 10.9. The van der Waals surface area contributed by atoms with Gasteiger partial charge in [-0.1, -0.05) is 25.5 Å². The van der Waals surface area contributed by atoms with Crippen molar-refractivity contribution < 1.29 is 14.5 Å². The molecule has 1 aromatic heterocycles. The maximum Gasteiger partial charge on any atom is 0.346 e. The number of rotatable bonds is 5. The number of nitrogens with zero attached hydrogens (tertiary/aromatic N) is 2. The molecule has 0 aliphatic heterocycles. The number of benzene rings is 1. The molecule has 2 aromatic rings. The van der Waals surface area contributed by atoms with E-state index in [1.807, 2.05) is 29.7 Å². The Morgan fingerprint density at radius 3 is 2.78 bits per heavy atom. The van der Waals surface area contributed by atoms with Crippen molar-refractivity contribution in [3.05, 3.63) is 30.1 Å². The van der Waals surface area contributed by atoms with Gasteiger partial charge >= 0.3 is 5.97 Å². The average Bonchev–Trinajstić information content (AvgIpc) is 2.60. The van der Waals surface area contributed by atoms with Crippen molar-refractivity contribution >= 4 is 17.0 Å². The molecule has 0 saturated heterocycles. The van der Waals surface area contributed by atoms with E-state index in [0.29, 0.717) is 0 Å². The number of para-hydroxylation sites is 2. The molecule has 0 amide bonds. The quantitative estimate of drug-likeness (QED) is 0.823. The van der Waals surface area contributed by atoms with Crippen LogP contribution in [0.4, 0.5) is 0 Å². The van der Waals surface area contributed by atoms with Gasteiger partial charge in [-0.15, -0.1) is 0 Å². The third-order valence-corrected chi connectivity index (χ3v) is 3.27. The Morgan fingerprint density at radius 1 is 1.39 bits per heavy atom. The molecule has 0 saturated carbocycles. The minimum absolute atomic E-state index is 0.0193. The van der Waals surface area contributed by atoms with Crippen LogP contribution in [0.15, 0.2) is 24.3 Å². The Bertz CT molecular complexity index is 572. The van der Waals surface area contributed by atoms with Gasteiger partial charge in [-0.25, -0.2) is 13.9 Å². The van der Waals surface area contributed by atoms with Crippen molar-refractivity contribution in [2.75, 3.05) is 0 Å². The molecular weight excluding hydrogens is 228 g/mol. The van der Waals surface area contributed by atoms with Gasteiger partial charge in [0.15, 0.2) is 17.6 Å². The number of hydrogen-bond acceptors (Lipinski definition) is 1. The van der Waals surface area contributed by atoms with Crippen molar-refractivity contribution in [2.45, 2.75) is 39.8 Å². The van der Waals surface area contributed by atoms with Gasteiger partial charge in [0.1, 0.15) is 0 Å². The van der Waals surface area contributed by atoms with E-state index in [0.717, 1.165) is 36.2 Å². The molecule has 0 aliphatic carbocycles. The van der Waals surface area contributed by atoms with Gasteiger partial charge in [-0.2, -0.15) is 0 Å². The summed E-state index contributed by atoms with van der Waals surface area (Å²) < 4.78 is 4.08. The zero-order valence-corrected chi connectivity index (χ0v) is 10.9. The summed E-state index contributed by atoms with van der Waals surface area (Å²) in [7, 11) is 0. The van der Waals surface area contributed by atoms with Crippen molar-refractivity contribution in [3.8, 4) is 0 Å². The van der Waals surface area contributed by atoms with Crippen molar-refractivity contribution in [2.24, 2.45) is 0 Å². The Labute approximate surface area is 106 Å². The van der Waals surface area contributed by atoms with E-state index in [4.69, 9.17) is 5.11 Å². The lowest BCUT2D eigenvalue weighted by Crippen LogP contribution is -2.40. The molecule has 96 valence electrons. The number of aryl methyl sites for hydroxylation is 1. The van der Waals surface area contributed by atoms with E-state index in [9.17, 15) is 4.79 Å². The lowest BCUT2D eigenvalue weighted by Gasteiger charge is -1.99. The van der Waals surface area contributed by atoms with Gasteiger partial charge in [-0.05, 0) is 18.6 Å². The number of carbonyl (C=O) groups is 1. The highest BCUT2D eigenvalue weighted by molar-refractivity contribution is 5.73. The van der Waals surface area contributed by atoms with Gasteiger partial charge in [0.2, 0.25) is 0 Å². The van der Waals surface area contributed by atoms with E-state index in [2.05, 4.69) is 17.6 Å². The normalized spacial score (nSPS) is 11.0. The summed E-state index contributed by atoms with van der Waals surface area (Å²) in [6.07, 6.45) is 2.23. The number of unbranched alkanes of at least 4 members (excludes halogenated alkanes) is 1. The van der Waals surface area contributed by atoms with E-state index in [-0.39, 0.29) is 6.54 Å². The third-order valence-electron chi connectivity index (χ3n) is 3.27. The molecule has 0 unspecified atom stereocenters. The number of hydrogen-bond donors (Lipinski definition) is 1. The fraction of sp³-hybridized carbons (Fsp3) is 0.429. The first-order chi connectivity index (χ1) is 8.65. The van der Waals surface area contributed by atoms with Crippen LogP contribution in [-0.2, 0) is 17.9 Å². The van der Waals surface area contributed by atoms with Crippen LogP contribution in [0.1, 0.15) is 25.6 Å². The highest BCUT2D eigenvalue weighted by Crippen LogP contribution is 2.15. The van der Waals surface area contributed by atoms with Crippen LogP contribution >= 0.6 is 0 Å². The highest BCUT2D eigenvalue weighted by atomic mass is 16.4. The third kappa shape index (κ3) is 2.23. The predicted molar refractivity (Wildman–Crippen MR) is 69.4 cm³/mol. The minimum atomic E-state index is -0.804. The minimum Gasteiger partial charge on any atom is -0.478 e. The van der Waals surface area contributed by atoms with Crippen LogP contribution < -0.4 is 4.57 Å². The zero-order chi connectivity index (χ0) is 13.1. The summed E-state index contributed by atoms with van der Waals surface area (Å²) in [4.78, 5) is 11.0. The Hall–Kier alpha value is -1.84. The number of fused-ring (bicyclic) bond motifs is 1. The molecule has 0 aliphatic rings. The Balaban J connectivity index is 2.55. The molecule has 0 atom stereocenters. The summed E-state index contributed by atoms with van der Waals surface area (Å²) in [6.45, 7) is 5.10. The molecule has 0 fully saturated rings. The number of aliphatic carboxylic acids is 1. The summed E-state index contributed by atoms with van der Waals surface area (Å²) in [5, 5.41) is 9.01. The molecule has 1 heterocycles. The fourth-order valence-electron chi connectivity index (χ4n) is 2.35. The molecule has 1 N–H and O–H groups in total. The SMILES string of the molecule is CCCCn1c(C)[n+](CC(=O)O)c2ccccc21. The second kappa shape index (κ2) is 5.21. The van der Waals surface area contributed by atoms with Gasteiger partial charge < -0.3 is 5.11 Å². The second-order valence-electron chi connectivity index (χ2n) is 4.52.